The van der Waals surface area contributed by atoms with Gasteiger partial charge in [-0.3, -0.25) is 14.6 Å². The van der Waals surface area contributed by atoms with Gasteiger partial charge in [0.15, 0.2) is 0 Å². The number of halogens is 1. The summed E-state index contributed by atoms with van der Waals surface area (Å²) in [6, 6.07) is 5.63. The van der Waals surface area contributed by atoms with Crippen LogP contribution in [0.5, 0.6) is 5.75 Å². The van der Waals surface area contributed by atoms with Gasteiger partial charge in [-0.2, -0.15) is 0 Å². The zero-order valence-corrected chi connectivity index (χ0v) is 14.6. The van der Waals surface area contributed by atoms with Crippen LogP contribution in [0.4, 0.5) is 9.18 Å². The highest BCUT2D eigenvalue weighted by atomic mass is 19.1. The number of nitrogens with one attached hydrogen (secondary N) is 1. The number of carbonyl (C=O) groups is 2. The van der Waals surface area contributed by atoms with Crippen molar-refractivity contribution in [3.63, 3.8) is 0 Å². The lowest BCUT2D eigenvalue weighted by Gasteiger charge is -2.39. The number of likely N-dealkylation sites (tertiary alicyclic amines) is 1. The maximum Gasteiger partial charge on any atom is 0.324 e. The molecule has 2 aliphatic heterocycles. The van der Waals surface area contributed by atoms with E-state index in [1.165, 1.54) is 19.2 Å². The summed E-state index contributed by atoms with van der Waals surface area (Å²) < 4.78 is 18.5. The van der Waals surface area contributed by atoms with E-state index in [0.717, 1.165) is 37.4 Å². The summed E-state index contributed by atoms with van der Waals surface area (Å²) in [5.74, 6) is 0.273. The molecule has 1 aromatic rings. The van der Waals surface area contributed by atoms with Crippen LogP contribution in [0.25, 0.3) is 0 Å². The molecule has 3 rings (SSSR count). The maximum absolute atomic E-state index is 12.9. The molecule has 2 atom stereocenters. The first-order valence-corrected chi connectivity index (χ1v) is 8.61. The van der Waals surface area contributed by atoms with Gasteiger partial charge in [0, 0.05) is 26.1 Å². The topological polar surface area (TPSA) is 61.9 Å². The minimum atomic E-state index is -0.831. The molecule has 2 saturated heterocycles. The second-order valence-corrected chi connectivity index (χ2v) is 6.94. The van der Waals surface area contributed by atoms with Crippen molar-refractivity contribution in [3.05, 3.63) is 30.1 Å². The van der Waals surface area contributed by atoms with Crippen LogP contribution in [0.2, 0.25) is 0 Å². The number of hydrogen-bond donors (Lipinski definition) is 1. The van der Waals surface area contributed by atoms with E-state index in [4.69, 9.17) is 4.74 Å². The van der Waals surface area contributed by atoms with Gasteiger partial charge in [0.2, 0.25) is 0 Å². The lowest BCUT2D eigenvalue weighted by molar-refractivity contribution is -0.132. The number of carbonyl (C=O) groups excluding carboxylic acids is 2. The number of likely N-dealkylation sites (N-methyl/N-ethyl adjacent to an activating group) is 1. The van der Waals surface area contributed by atoms with Crippen LogP contribution >= 0.6 is 0 Å². The van der Waals surface area contributed by atoms with Crippen LogP contribution in [0.3, 0.4) is 0 Å². The molecule has 0 spiro atoms. The fraction of sp³-hybridized carbons (Fsp3) is 0.556. The summed E-state index contributed by atoms with van der Waals surface area (Å²) in [6.07, 6.45) is 1.88. The third kappa shape index (κ3) is 3.61. The normalized spacial score (nSPS) is 27.5. The van der Waals surface area contributed by atoms with Gasteiger partial charge < -0.3 is 10.1 Å². The van der Waals surface area contributed by atoms with E-state index in [0.29, 0.717) is 12.4 Å². The number of rotatable bonds is 5. The first-order valence-electron chi connectivity index (χ1n) is 8.61. The fourth-order valence-corrected chi connectivity index (χ4v) is 3.63. The number of benzene rings is 1. The zero-order valence-electron chi connectivity index (χ0n) is 14.6. The fourth-order valence-electron chi connectivity index (χ4n) is 3.63. The molecule has 2 aliphatic rings. The average molecular weight is 349 g/mol. The highest BCUT2D eigenvalue weighted by Gasteiger charge is 2.51. The molecular weight excluding hydrogens is 325 g/mol. The number of hydrogen-bond acceptors (Lipinski definition) is 4. The van der Waals surface area contributed by atoms with Crippen LogP contribution in [-0.4, -0.2) is 60.6 Å². The minimum Gasteiger partial charge on any atom is -0.492 e. The Morgan fingerprint density at radius 3 is 2.68 bits per heavy atom. The SMILES string of the molecule is CN1C(=O)N[C@@](C)([C@H]2CCCN(CCOc3ccc(F)cc3)C2)C1=O. The molecule has 3 amide bonds. The quantitative estimate of drug-likeness (QED) is 0.824. The Morgan fingerprint density at radius 2 is 2.04 bits per heavy atom. The molecule has 0 radical (unpaired) electrons. The summed E-state index contributed by atoms with van der Waals surface area (Å²) in [5.41, 5.74) is -0.831. The molecule has 2 fully saturated rings. The van der Waals surface area contributed by atoms with E-state index in [2.05, 4.69) is 10.2 Å². The van der Waals surface area contributed by atoms with Gasteiger partial charge in [0.05, 0.1) is 0 Å². The first-order chi connectivity index (χ1) is 11.9. The predicted molar refractivity (Wildman–Crippen MR) is 90.8 cm³/mol. The Labute approximate surface area is 146 Å². The molecule has 1 aromatic carbocycles. The van der Waals surface area contributed by atoms with Crippen LogP contribution in [0.15, 0.2) is 24.3 Å². The number of nitrogens with zero attached hydrogens (tertiary/aromatic N) is 2. The number of amides is 3. The van der Waals surface area contributed by atoms with Gasteiger partial charge in [0.1, 0.15) is 23.7 Å². The highest BCUT2D eigenvalue weighted by molar-refractivity contribution is 6.06. The highest BCUT2D eigenvalue weighted by Crippen LogP contribution is 2.31. The van der Waals surface area contributed by atoms with Gasteiger partial charge in [-0.05, 0) is 50.6 Å². The Kier molecular flexibility index (Phi) is 4.94. The van der Waals surface area contributed by atoms with Crippen molar-refractivity contribution >= 4 is 11.9 Å². The van der Waals surface area contributed by atoms with Crippen molar-refractivity contribution < 1.29 is 18.7 Å². The van der Waals surface area contributed by atoms with E-state index in [-0.39, 0.29) is 23.7 Å². The largest absolute Gasteiger partial charge is 0.492 e. The Balaban J connectivity index is 1.54. The molecule has 0 aliphatic carbocycles. The maximum atomic E-state index is 12.9. The third-order valence-corrected chi connectivity index (χ3v) is 5.23. The summed E-state index contributed by atoms with van der Waals surface area (Å²) in [4.78, 5) is 27.7. The standard InChI is InChI=1S/C18H24FN3O3/c1-18(16(23)21(2)17(24)20-18)13-4-3-9-22(12-13)10-11-25-15-7-5-14(19)6-8-15/h5-8,13H,3-4,9-12H2,1-2H3,(H,20,24)/t13-,18-/m0/s1. The molecule has 136 valence electrons. The van der Waals surface area contributed by atoms with E-state index >= 15 is 0 Å². The zero-order chi connectivity index (χ0) is 18.0. The lowest BCUT2D eigenvalue weighted by atomic mass is 9.80. The molecule has 1 N–H and O–H groups in total. The van der Waals surface area contributed by atoms with Crippen molar-refractivity contribution in [2.45, 2.75) is 25.3 Å². The van der Waals surface area contributed by atoms with E-state index in [1.54, 1.807) is 12.1 Å². The minimum absolute atomic E-state index is 0.0773. The first kappa shape index (κ1) is 17.7. The monoisotopic (exact) mass is 349 g/mol. The molecule has 0 aromatic heterocycles. The molecule has 25 heavy (non-hydrogen) atoms. The average Bonchev–Trinajstić information content (AvgIpc) is 2.81. The van der Waals surface area contributed by atoms with Gasteiger partial charge in [-0.1, -0.05) is 0 Å². The smallest absolute Gasteiger partial charge is 0.324 e. The lowest BCUT2D eigenvalue weighted by Crippen LogP contribution is -2.56. The number of imide groups is 1. The van der Waals surface area contributed by atoms with E-state index in [9.17, 15) is 14.0 Å². The number of urea groups is 1. The van der Waals surface area contributed by atoms with Crippen molar-refractivity contribution in [2.75, 3.05) is 33.3 Å². The molecule has 0 saturated carbocycles. The third-order valence-electron chi connectivity index (χ3n) is 5.23. The molecule has 0 unspecified atom stereocenters. The van der Waals surface area contributed by atoms with Crippen LogP contribution in [0.1, 0.15) is 19.8 Å². The van der Waals surface area contributed by atoms with Gasteiger partial charge in [0.25, 0.3) is 5.91 Å². The van der Waals surface area contributed by atoms with Crippen molar-refractivity contribution in [1.82, 2.24) is 15.1 Å². The summed E-state index contributed by atoms with van der Waals surface area (Å²) >= 11 is 0. The summed E-state index contributed by atoms with van der Waals surface area (Å²) in [6.45, 7) is 4.72. The van der Waals surface area contributed by atoms with E-state index < -0.39 is 5.54 Å². The van der Waals surface area contributed by atoms with Gasteiger partial charge in [-0.25, -0.2) is 9.18 Å². The molecule has 6 nitrogen and oxygen atoms in total. The summed E-state index contributed by atoms with van der Waals surface area (Å²) in [7, 11) is 1.51. The van der Waals surface area contributed by atoms with Crippen molar-refractivity contribution in [3.8, 4) is 5.75 Å². The molecule has 7 heteroatoms. The van der Waals surface area contributed by atoms with E-state index in [1.807, 2.05) is 6.92 Å². The van der Waals surface area contributed by atoms with Crippen LogP contribution in [0, 0.1) is 11.7 Å². The summed E-state index contributed by atoms with van der Waals surface area (Å²) in [5, 5.41) is 2.85. The molecular formula is C18H24FN3O3. The van der Waals surface area contributed by atoms with Gasteiger partial charge >= 0.3 is 6.03 Å². The Morgan fingerprint density at radius 1 is 1.32 bits per heavy atom. The molecule has 0 bridgehead atoms. The number of ether oxygens (including phenoxy) is 1. The molecule has 2 heterocycles. The predicted octanol–water partition coefficient (Wildman–Crippen LogP) is 1.86. The van der Waals surface area contributed by atoms with Crippen LogP contribution in [-0.2, 0) is 4.79 Å². The van der Waals surface area contributed by atoms with Gasteiger partial charge in [-0.15, -0.1) is 0 Å². The second-order valence-electron chi connectivity index (χ2n) is 6.94. The van der Waals surface area contributed by atoms with Crippen LogP contribution < -0.4 is 10.1 Å². The Bertz CT molecular complexity index is 651. The van der Waals surface area contributed by atoms with Crippen molar-refractivity contribution in [2.24, 2.45) is 5.92 Å². The number of piperidine rings is 1. The Hall–Kier alpha value is -2.15. The second kappa shape index (κ2) is 7.00. The van der Waals surface area contributed by atoms with Crippen molar-refractivity contribution in [1.29, 1.82) is 0 Å².